The summed E-state index contributed by atoms with van der Waals surface area (Å²) < 4.78 is 0. The van der Waals surface area contributed by atoms with Crippen LogP contribution < -0.4 is 4.90 Å². The van der Waals surface area contributed by atoms with Crippen LogP contribution in [0.25, 0.3) is 0 Å². The topological polar surface area (TPSA) is 37.4 Å². The molecular formula is C23H27NO2Si. The monoisotopic (exact) mass is 377 g/mol. The number of amides is 2. The largest absolute Gasteiger partial charge is 0.274 e. The number of anilines is 1. The van der Waals surface area contributed by atoms with Gasteiger partial charge in [0.2, 0.25) is 11.8 Å². The van der Waals surface area contributed by atoms with E-state index < -0.39 is 8.07 Å². The molecule has 4 fully saturated rings. The minimum absolute atomic E-state index is 0.0319. The van der Waals surface area contributed by atoms with Crippen molar-refractivity contribution in [3.63, 3.8) is 0 Å². The second kappa shape index (κ2) is 4.83. The first kappa shape index (κ1) is 16.3. The number of imide groups is 1. The number of carbonyl (C=O) groups is 2. The lowest BCUT2D eigenvalue weighted by atomic mass is 9.63. The van der Waals surface area contributed by atoms with Crippen molar-refractivity contribution in [1.82, 2.24) is 0 Å². The number of rotatable bonds is 2. The fourth-order valence-electron chi connectivity index (χ4n) is 8.01. The average Bonchev–Trinajstić information content (AvgIpc) is 3.38. The smallest absolute Gasteiger partial charge is 0.238 e. The molecule has 27 heavy (non-hydrogen) atoms. The van der Waals surface area contributed by atoms with Gasteiger partial charge in [0, 0.05) is 5.41 Å². The molecule has 140 valence electrons. The van der Waals surface area contributed by atoms with E-state index in [0.717, 1.165) is 12.1 Å². The Hall–Kier alpha value is -1.68. The molecule has 2 amide bonds. The van der Waals surface area contributed by atoms with Gasteiger partial charge in [-0.3, -0.25) is 14.5 Å². The van der Waals surface area contributed by atoms with Crippen LogP contribution in [0.4, 0.5) is 5.69 Å². The van der Waals surface area contributed by atoms with Crippen molar-refractivity contribution < 1.29 is 9.59 Å². The van der Waals surface area contributed by atoms with Gasteiger partial charge >= 0.3 is 0 Å². The third-order valence-electron chi connectivity index (χ3n) is 8.45. The molecule has 0 N–H and O–H groups in total. The summed E-state index contributed by atoms with van der Waals surface area (Å²) in [6, 6.07) is 9.60. The summed E-state index contributed by atoms with van der Waals surface area (Å²) in [4.78, 5) is 28.7. The van der Waals surface area contributed by atoms with Crippen LogP contribution in [0.2, 0.25) is 19.6 Å². The Labute approximate surface area is 161 Å². The maximum absolute atomic E-state index is 13.7. The Morgan fingerprint density at radius 2 is 1.78 bits per heavy atom. The number of benzene rings is 1. The Bertz CT molecular complexity index is 914. The Kier molecular flexibility index (Phi) is 2.91. The van der Waals surface area contributed by atoms with Gasteiger partial charge in [-0.15, -0.1) is 0 Å². The van der Waals surface area contributed by atoms with Crippen molar-refractivity contribution in [1.29, 1.82) is 0 Å². The fraction of sp³-hybridized carbons (Fsp3) is 0.565. The Morgan fingerprint density at radius 1 is 1.04 bits per heavy atom. The number of fused-ring (bicyclic) bond motifs is 6. The zero-order valence-corrected chi connectivity index (χ0v) is 17.4. The van der Waals surface area contributed by atoms with Crippen molar-refractivity contribution in [3.05, 3.63) is 41.1 Å². The first-order chi connectivity index (χ1) is 12.9. The molecule has 1 spiro atoms. The van der Waals surface area contributed by atoms with E-state index in [1.54, 1.807) is 15.7 Å². The maximum Gasteiger partial charge on any atom is 0.238 e. The molecule has 0 aromatic heterocycles. The Morgan fingerprint density at radius 3 is 2.48 bits per heavy atom. The third kappa shape index (κ3) is 1.70. The lowest BCUT2D eigenvalue weighted by Crippen LogP contribution is -2.43. The van der Waals surface area contributed by atoms with E-state index in [2.05, 4.69) is 19.6 Å². The summed E-state index contributed by atoms with van der Waals surface area (Å²) in [7, 11) is -1.52. The molecule has 1 saturated heterocycles. The number of carbonyl (C=O) groups excluding carboxylic acids is 2. The highest BCUT2D eigenvalue weighted by Gasteiger charge is 2.76. The fourth-order valence-corrected chi connectivity index (χ4v) is 10.6. The van der Waals surface area contributed by atoms with Crippen LogP contribution in [0.3, 0.4) is 0 Å². The average molecular weight is 378 g/mol. The van der Waals surface area contributed by atoms with Crippen molar-refractivity contribution in [2.75, 3.05) is 4.90 Å². The maximum atomic E-state index is 13.7. The molecular weight excluding hydrogens is 350 g/mol. The number of hydrogen-bond donors (Lipinski definition) is 0. The second-order valence-electron chi connectivity index (χ2n) is 10.5. The number of allylic oxidation sites excluding steroid dienone is 2. The third-order valence-corrected chi connectivity index (χ3v) is 10.7. The minimum Gasteiger partial charge on any atom is -0.274 e. The van der Waals surface area contributed by atoms with Gasteiger partial charge < -0.3 is 0 Å². The molecule has 5 aliphatic rings. The van der Waals surface area contributed by atoms with E-state index in [4.69, 9.17) is 0 Å². The van der Waals surface area contributed by atoms with Crippen LogP contribution in [0, 0.1) is 35.0 Å². The van der Waals surface area contributed by atoms with Gasteiger partial charge in [-0.1, -0.05) is 48.6 Å². The molecule has 1 aromatic rings. The normalized spacial score (nSPS) is 41.7. The van der Waals surface area contributed by atoms with Crippen molar-refractivity contribution in [2.24, 2.45) is 35.0 Å². The van der Waals surface area contributed by atoms with E-state index in [1.165, 1.54) is 19.3 Å². The van der Waals surface area contributed by atoms with Gasteiger partial charge in [-0.25, -0.2) is 0 Å². The molecule has 3 nitrogen and oxygen atoms in total. The molecule has 4 heteroatoms. The number of hydrogen-bond acceptors (Lipinski definition) is 2. The minimum atomic E-state index is -1.52. The first-order valence-corrected chi connectivity index (χ1v) is 14.0. The van der Waals surface area contributed by atoms with E-state index in [9.17, 15) is 9.59 Å². The zero-order chi connectivity index (χ0) is 18.7. The molecule has 1 heterocycles. The summed E-state index contributed by atoms with van der Waals surface area (Å²) in [5.41, 5.74) is 2.49. The predicted molar refractivity (Wildman–Crippen MR) is 108 cm³/mol. The molecule has 4 unspecified atom stereocenters. The van der Waals surface area contributed by atoms with Crippen molar-refractivity contribution in [2.45, 2.75) is 45.3 Å². The molecule has 1 aliphatic heterocycles. The van der Waals surface area contributed by atoms with Gasteiger partial charge in [0.1, 0.15) is 0 Å². The zero-order valence-electron chi connectivity index (χ0n) is 16.4. The van der Waals surface area contributed by atoms with E-state index in [-0.39, 0.29) is 29.1 Å². The van der Waals surface area contributed by atoms with Gasteiger partial charge in [0.25, 0.3) is 0 Å². The summed E-state index contributed by atoms with van der Waals surface area (Å²) in [5.74, 6) is 1.68. The molecule has 3 saturated carbocycles. The van der Waals surface area contributed by atoms with Gasteiger partial charge in [-0.2, -0.15) is 0 Å². The van der Waals surface area contributed by atoms with Crippen molar-refractivity contribution in [3.8, 4) is 0 Å². The second-order valence-corrected chi connectivity index (χ2v) is 15.5. The SMILES string of the molecule is C[Si](C)(C)C1=C2C3CCC(C3)C23CC1[C@@H]1C(=O)N(c2ccccc2)C(=O)[C@@H]13. The highest BCUT2D eigenvalue weighted by Crippen LogP contribution is 2.78. The van der Waals surface area contributed by atoms with Crippen LogP contribution in [0.5, 0.6) is 0 Å². The Balaban J connectivity index is 1.54. The highest BCUT2D eigenvalue weighted by molar-refractivity contribution is 6.83. The summed E-state index contributed by atoms with van der Waals surface area (Å²) in [6.07, 6.45) is 4.94. The number of para-hydroxylation sites is 1. The lowest BCUT2D eigenvalue weighted by Gasteiger charge is -2.42. The molecule has 6 rings (SSSR count). The quantitative estimate of drug-likeness (QED) is 0.565. The first-order valence-electron chi connectivity index (χ1n) is 10.5. The molecule has 0 radical (unpaired) electrons. The predicted octanol–water partition coefficient (Wildman–Crippen LogP) is 4.42. The summed E-state index contributed by atoms with van der Waals surface area (Å²) in [5, 5.41) is 1.69. The van der Waals surface area contributed by atoms with Crippen LogP contribution >= 0.6 is 0 Å². The van der Waals surface area contributed by atoms with Crippen LogP contribution in [0.1, 0.15) is 25.7 Å². The summed E-state index contributed by atoms with van der Waals surface area (Å²) in [6.45, 7) is 7.34. The van der Waals surface area contributed by atoms with Gasteiger partial charge in [0.05, 0.1) is 25.6 Å². The van der Waals surface area contributed by atoms with Crippen LogP contribution in [-0.4, -0.2) is 19.9 Å². The van der Waals surface area contributed by atoms with E-state index in [0.29, 0.717) is 17.8 Å². The standard InChI is InChI=1S/C23H27NO2Si/c1-27(2,3)20-16-12-23(14-10-9-13(11-14)18(20)23)19-17(16)21(25)24(22(19)26)15-7-5-4-6-8-15/h4-8,13-14,16-17,19H,9-12H2,1-3H3/t13?,14?,16?,17-,19+,23?/m0/s1. The molecule has 4 aliphatic carbocycles. The van der Waals surface area contributed by atoms with Crippen LogP contribution in [-0.2, 0) is 9.59 Å². The van der Waals surface area contributed by atoms with Gasteiger partial charge in [0.15, 0.2) is 0 Å². The highest BCUT2D eigenvalue weighted by atomic mass is 28.3. The van der Waals surface area contributed by atoms with E-state index >= 15 is 0 Å². The summed E-state index contributed by atoms with van der Waals surface area (Å²) >= 11 is 0. The van der Waals surface area contributed by atoms with Crippen molar-refractivity contribution >= 4 is 25.6 Å². The van der Waals surface area contributed by atoms with E-state index in [1.807, 2.05) is 30.3 Å². The molecule has 4 bridgehead atoms. The van der Waals surface area contributed by atoms with Gasteiger partial charge in [-0.05, 0) is 55.6 Å². The number of nitrogens with zero attached hydrogens (tertiary/aromatic N) is 1. The molecule has 6 atom stereocenters. The van der Waals surface area contributed by atoms with Crippen LogP contribution in [0.15, 0.2) is 41.1 Å². The lowest BCUT2D eigenvalue weighted by molar-refractivity contribution is -0.124. The molecule has 1 aromatic carbocycles.